The van der Waals surface area contributed by atoms with Crippen LogP contribution >= 0.6 is 0 Å². The lowest BCUT2D eigenvalue weighted by molar-refractivity contribution is -0.107. The van der Waals surface area contributed by atoms with Crippen LogP contribution in [0.1, 0.15) is 23.5 Å². The molecule has 0 aromatic heterocycles. The lowest BCUT2D eigenvalue weighted by atomic mass is 9.97. The molecule has 0 radical (unpaired) electrons. The molecule has 1 aromatic carbocycles. The third-order valence-corrected chi connectivity index (χ3v) is 3.16. The quantitative estimate of drug-likeness (QED) is 0.699. The molecule has 0 bridgehead atoms. The fourth-order valence-corrected chi connectivity index (χ4v) is 2.23. The number of likely N-dealkylation sites (tertiary alicyclic amines) is 1. The highest BCUT2D eigenvalue weighted by molar-refractivity contribution is 5.54. The Hall–Kier alpha value is -1.15. The van der Waals surface area contributed by atoms with Crippen LogP contribution in [-0.2, 0) is 11.2 Å². The van der Waals surface area contributed by atoms with Crippen molar-refractivity contribution >= 4 is 6.29 Å². The second-order valence-electron chi connectivity index (χ2n) is 4.36. The summed E-state index contributed by atoms with van der Waals surface area (Å²) in [7, 11) is 2.17. The van der Waals surface area contributed by atoms with Crippen LogP contribution in [0.25, 0.3) is 0 Å². The van der Waals surface area contributed by atoms with E-state index in [0.717, 1.165) is 18.4 Å². The van der Waals surface area contributed by atoms with Crippen molar-refractivity contribution < 1.29 is 4.79 Å². The highest BCUT2D eigenvalue weighted by atomic mass is 16.1. The maximum atomic E-state index is 10.4. The Morgan fingerprint density at radius 2 is 2.13 bits per heavy atom. The van der Waals surface area contributed by atoms with Crippen molar-refractivity contribution in [1.29, 1.82) is 0 Å². The predicted octanol–water partition coefficient (Wildman–Crippen LogP) is 1.85. The number of likely N-dealkylation sites (N-methyl/N-ethyl adjacent to an activating group) is 1. The van der Waals surface area contributed by atoms with Gasteiger partial charge in [-0.15, -0.1) is 0 Å². The molecule has 1 heterocycles. The summed E-state index contributed by atoms with van der Waals surface area (Å²) in [6.45, 7) is 2.35. The van der Waals surface area contributed by atoms with E-state index in [2.05, 4.69) is 36.2 Å². The monoisotopic (exact) mass is 203 g/mol. The van der Waals surface area contributed by atoms with E-state index < -0.39 is 0 Å². The topological polar surface area (TPSA) is 20.3 Å². The van der Waals surface area contributed by atoms with Gasteiger partial charge < -0.3 is 9.69 Å². The molecule has 1 fully saturated rings. The van der Waals surface area contributed by atoms with Gasteiger partial charge >= 0.3 is 0 Å². The van der Waals surface area contributed by atoms with Crippen LogP contribution in [-0.4, -0.2) is 31.3 Å². The molecule has 80 valence electrons. The molecule has 0 aliphatic carbocycles. The van der Waals surface area contributed by atoms with E-state index in [4.69, 9.17) is 0 Å². The summed E-state index contributed by atoms with van der Waals surface area (Å²) in [5.74, 6) is 0.681. The Balaban J connectivity index is 2.06. The first-order valence-corrected chi connectivity index (χ1v) is 5.50. The molecule has 2 rings (SSSR count). The molecule has 1 aliphatic heterocycles. The normalized spacial score (nSPS) is 21.8. The van der Waals surface area contributed by atoms with E-state index >= 15 is 0 Å². The summed E-state index contributed by atoms with van der Waals surface area (Å²) in [4.78, 5) is 12.7. The number of aldehydes is 1. The first-order chi connectivity index (χ1) is 7.29. The van der Waals surface area contributed by atoms with E-state index in [9.17, 15) is 4.79 Å². The molecule has 1 aromatic rings. The summed E-state index contributed by atoms with van der Waals surface area (Å²) < 4.78 is 0. The number of rotatable bonds is 3. The molecule has 2 heteroatoms. The van der Waals surface area contributed by atoms with Gasteiger partial charge in [0.15, 0.2) is 0 Å². The van der Waals surface area contributed by atoms with Crippen LogP contribution in [0.4, 0.5) is 0 Å². The smallest absolute Gasteiger partial charge is 0.124 e. The second kappa shape index (κ2) is 4.58. The Kier molecular flexibility index (Phi) is 3.17. The molecule has 0 amide bonds. The Labute approximate surface area is 90.9 Å². The summed E-state index contributed by atoms with van der Waals surface area (Å²) in [6, 6.07) is 8.48. The van der Waals surface area contributed by atoms with Crippen molar-refractivity contribution in [2.24, 2.45) is 0 Å². The zero-order chi connectivity index (χ0) is 10.7. The number of carbonyl (C=O) groups is 1. The van der Waals surface area contributed by atoms with Crippen molar-refractivity contribution in [2.45, 2.75) is 18.8 Å². The van der Waals surface area contributed by atoms with E-state index in [0.29, 0.717) is 12.3 Å². The zero-order valence-corrected chi connectivity index (χ0v) is 9.15. The number of hydrogen-bond acceptors (Lipinski definition) is 2. The summed E-state index contributed by atoms with van der Waals surface area (Å²) in [6.07, 6.45) is 2.74. The van der Waals surface area contributed by atoms with E-state index in [-0.39, 0.29) is 0 Å². The van der Waals surface area contributed by atoms with Crippen molar-refractivity contribution in [3.8, 4) is 0 Å². The molecule has 0 spiro atoms. The Bertz CT molecular complexity index is 331. The third kappa shape index (κ3) is 2.45. The van der Waals surface area contributed by atoms with Gasteiger partial charge in [0.1, 0.15) is 6.29 Å². The predicted molar refractivity (Wildman–Crippen MR) is 61.1 cm³/mol. The number of hydrogen-bond donors (Lipinski definition) is 0. The second-order valence-corrected chi connectivity index (χ2v) is 4.36. The largest absolute Gasteiger partial charge is 0.306 e. The first kappa shape index (κ1) is 10.4. The van der Waals surface area contributed by atoms with Crippen molar-refractivity contribution in [3.63, 3.8) is 0 Å². The number of carbonyl (C=O) groups excluding carboxylic acids is 1. The van der Waals surface area contributed by atoms with Crippen LogP contribution in [0.15, 0.2) is 24.3 Å². The molecule has 2 nitrogen and oxygen atoms in total. The van der Waals surface area contributed by atoms with E-state index in [1.165, 1.54) is 18.5 Å². The van der Waals surface area contributed by atoms with Gasteiger partial charge in [0, 0.05) is 13.0 Å². The third-order valence-electron chi connectivity index (χ3n) is 3.16. The van der Waals surface area contributed by atoms with Gasteiger partial charge in [-0.2, -0.15) is 0 Å². The summed E-state index contributed by atoms with van der Waals surface area (Å²) in [5, 5.41) is 0. The Morgan fingerprint density at radius 1 is 1.40 bits per heavy atom. The fourth-order valence-electron chi connectivity index (χ4n) is 2.23. The van der Waals surface area contributed by atoms with Crippen LogP contribution < -0.4 is 0 Å². The molecular weight excluding hydrogens is 186 g/mol. The first-order valence-electron chi connectivity index (χ1n) is 5.50. The van der Waals surface area contributed by atoms with Gasteiger partial charge in [0.2, 0.25) is 0 Å². The maximum absolute atomic E-state index is 10.4. The van der Waals surface area contributed by atoms with Crippen LogP contribution in [0.2, 0.25) is 0 Å². The van der Waals surface area contributed by atoms with Gasteiger partial charge in [-0.3, -0.25) is 0 Å². The fraction of sp³-hybridized carbons (Fsp3) is 0.462. The SMILES string of the molecule is CN1CCC(c2ccc(CC=O)cc2)C1. The van der Waals surface area contributed by atoms with Crippen molar-refractivity contribution in [3.05, 3.63) is 35.4 Å². The highest BCUT2D eigenvalue weighted by Gasteiger charge is 2.20. The highest BCUT2D eigenvalue weighted by Crippen LogP contribution is 2.26. The van der Waals surface area contributed by atoms with E-state index in [1.54, 1.807) is 0 Å². The molecule has 0 N–H and O–H groups in total. The minimum Gasteiger partial charge on any atom is -0.306 e. The average molecular weight is 203 g/mol. The van der Waals surface area contributed by atoms with Crippen LogP contribution in [0, 0.1) is 0 Å². The van der Waals surface area contributed by atoms with Crippen molar-refractivity contribution in [1.82, 2.24) is 4.90 Å². The van der Waals surface area contributed by atoms with Gasteiger partial charge in [-0.05, 0) is 37.1 Å². The summed E-state index contributed by atoms with van der Waals surface area (Å²) in [5.41, 5.74) is 2.52. The molecule has 0 saturated carbocycles. The van der Waals surface area contributed by atoms with E-state index in [1.807, 2.05) is 0 Å². The zero-order valence-electron chi connectivity index (χ0n) is 9.15. The number of nitrogens with zero attached hydrogens (tertiary/aromatic N) is 1. The minimum atomic E-state index is 0.533. The molecule has 15 heavy (non-hydrogen) atoms. The summed E-state index contributed by atoms with van der Waals surface area (Å²) >= 11 is 0. The molecule has 1 saturated heterocycles. The average Bonchev–Trinajstić information content (AvgIpc) is 2.67. The molecule has 1 unspecified atom stereocenters. The molecule has 1 atom stereocenters. The van der Waals surface area contributed by atoms with Crippen LogP contribution in [0.3, 0.4) is 0 Å². The lowest BCUT2D eigenvalue weighted by Gasteiger charge is -2.11. The van der Waals surface area contributed by atoms with Gasteiger partial charge in [0.25, 0.3) is 0 Å². The van der Waals surface area contributed by atoms with Crippen molar-refractivity contribution in [2.75, 3.05) is 20.1 Å². The lowest BCUT2D eigenvalue weighted by Crippen LogP contribution is -2.13. The standard InChI is InChI=1S/C13H17NO/c1-14-8-6-13(10-14)12-4-2-11(3-5-12)7-9-15/h2-5,9,13H,6-8,10H2,1H3. The Morgan fingerprint density at radius 3 is 2.67 bits per heavy atom. The molecular formula is C13H17NO. The van der Waals surface area contributed by atoms with Gasteiger partial charge in [-0.25, -0.2) is 0 Å². The van der Waals surface area contributed by atoms with Gasteiger partial charge in [0.05, 0.1) is 0 Å². The van der Waals surface area contributed by atoms with Gasteiger partial charge in [-0.1, -0.05) is 24.3 Å². The van der Waals surface area contributed by atoms with Crippen LogP contribution in [0.5, 0.6) is 0 Å². The maximum Gasteiger partial charge on any atom is 0.124 e. The minimum absolute atomic E-state index is 0.533. The molecule has 1 aliphatic rings. The number of benzene rings is 1.